The van der Waals surface area contributed by atoms with Crippen molar-refractivity contribution >= 4 is 32.9 Å². The van der Waals surface area contributed by atoms with Gasteiger partial charge in [0, 0.05) is 4.83 Å². The van der Waals surface area contributed by atoms with Crippen LogP contribution in [-0.4, -0.2) is 4.83 Å². The molecule has 3 heteroatoms. The van der Waals surface area contributed by atoms with E-state index in [4.69, 9.17) is 0 Å². The molecule has 1 aliphatic rings. The fraction of sp³-hybridized carbons (Fsp3) is 0.400. The van der Waals surface area contributed by atoms with Crippen molar-refractivity contribution < 1.29 is 0 Å². The zero-order valence-electron chi connectivity index (χ0n) is 7.50. The molecule has 74 valence electrons. The minimum atomic E-state index is 0. The molecular formula is C10H15Br2N. The number of benzene rings is 1. The fourth-order valence-electron chi connectivity index (χ4n) is 1.65. The molecule has 0 saturated carbocycles. The second-order valence-corrected chi connectivity index (χ2v) is 4.40. The van der Waals surface area contributed by atoms with E-state index in [2.05, 4.69) is 40.2 Å². The molecule has 0 aliphatic heterocycles. The van der Waals surface area contributed by atoms with Gasteiger partial charge in [-0.1, -0.05) is 40.2 Å². The Morgan fingerprint density at radius 1 is 1.15 bits per heavy atom. The summed E-state index contributed by atoms with van der Waals surface area (Å²) in [7, 11) is 0. The van der Waals surface area contributed by atoms with E-state index in [0.29, 0.717) is 4.83 Å². The van der Waals surface area contributed by atoms with Crippen LogP contribution in [0.15, 0.2) is 24.3 Å². The SMILES string of the molecule is Br.BrC1CCc2ccccc2C1.N. The Morgan fingerprint density at radius 2 is 1.77 bits per heavy atom. The highest BCUT2D eigenvalue weighted by atomic mass is 79.9. The van der Waals surface area contributed by atoms with E-state index in [1.54, 1.807) is 5.56 Å². The van der Waals surface area contributed by atoms with Crippen LogP contribution < -0.4 is 6.15 Å². The summed E-state index contributed by atoms with van der Waals surface area (Å²) in [6.07, 6.45) is 3.74. The lowest BCUT2D eigenvalue weighted by molar-refractivity contribution is 0.712. The van der Waals surface area contributed by atoms with Crippen molar-refractivity contribution in [2.24, 2.45) is 0 Å². The van der Waals surface area contributed by atoms with Crippen LogP contribution in [0.1, 0.15) is 17.5 Å². The predicted octanol–water partition coefficient (Wildman–Crippen LogP) is 3.68. The molecule has 0 spiro atoms. The van der Waals surface area contributed by atoms with Crippen LogP contribution in [0.3, 0.4) is 0 Å². The lowest BCUT2D eigenvalue weighted by Gasteiger charge is -2.19. The van der Waals surface area contributed by atoms with Crippen molar-refractivity contribution in [1.82, 2.24) is 6.15 Å². The molecule has 0 aromatic heterocycles. The van der Waals surface area contributed by atoms with Crippen LogP contribution in [0.5, 0.6) is 0 Å². The van der Waals surface area contributed by atoms with Gasteiger partial charge in [0.25, 0.3) is 0 Å². The maximum absolute atomic E-state index is 3.66. The van der Waals surface area contributed by atoms with Crippen LogP contribution in [0, 0.1) is 0 Å². The molecule has 13 heavy (non-hydrogen) atoms. The normalized spacial score (nSPS) is 19.3. The van der Waals surface area contributed by atoms with Gasteiger partial charge in [0.15, 0.2) is 0 Å². The van der Waals surface area contributed by atoms with Gasteiger partial charge in [-0.05, 0) is 30.4 Å². The Balaban J connectivity index is 0.000000720. The summed E-state index contributed by atoms with van der Waals surface area (Å²) >= 11 is 3.66. The Kier molecular flexibility index (Phi) is 5.85. The first-order chi connectivity index (χ1) is 5.36. The second kappa shape index (κ2) is 5.78. The van der Waals surface area contributed by atoms with Crippen LogP contribution >= 0.6 is 32.9 Å². The molecule has 3 N–H and O–H groups in total. The first-order valence-corrected chi connectivity index (χ1v) is 4.98. The summed E-state index contributed by atoms with van der Waals surface area (Å²) < 4.78 is 0. The minimum absolute atomic E-state index is 0. The van der Waals surface area contributed by atoms with Crippen molar-refractivity contribution in [2.45, 2.75) is 24.1 Å². The maximum atomic E-state index is 3.66. The van der Waals surface area contributed by atoms with Crippen molar-refractivity contribution in [3.63, 3.8) is 0 Å². The van der Waals surface area contributed by atoms with Crippen molar-refractivity contribution in [3.05, 3.63) is 35.4 Å². The molecule has 1 unspecified atom stereocenters. The predicted molar refractivity (Wildman–Crippen MR) is 66.5 cm³/mol. The molecule has 0 saturated heterocycles. The van der Waals surface area contributed by atoms with Crippen LogP contribution in [-0.2, 0) is 12.8 Å². The number of hydrogen-bond acceptors (Lipinski definition) is 1. The third kappa shape index (κ3) is 3.08. The second-order valence-electron chi connectivity index (χ2n) is 3.11. The Bertz CT molecular complexity index is 263. The van der Waals surface area contributed by atoms with Crippen LogP contribution in [0.2, 0.25) is 0 Å². The lowest BCUT2D eigenvalue weighted by Crippen LogP contribution is -2.12. The van der Waals surface area contributed by atoms with Gasteiger partial charge in [0.2, 0.25) is 0 Å². The number of aryl methyl sites for hydroxylation is 1. The third-order valence-electron chi connectivity index (χ3n) is 2.29. The summed E-state index contributed by atoms with van der Waals surface area (Å²) in [5, 5.41) is 0. The smallest absolute Gasteiger partial charge is 0.0189 e. The first kappa shape index (κ1) is 13.1. The largest absolute Gasteiger partial charge is 0.344 e. The molecule has 0 heterocycles. The zero-order valence-corrected chi connectivity index (χ0v) is 10.8. The molecule has 1 aliphatic carbocycles. The molecule has 0 fully saturated rings. The van der Waals surface area contributed by atoms with E-state index < -0.39 is 0 Å². The Hall–Kier alpha value is 0.140. The first-order valence-electron chi connectivity index (χ1n) is 4.07. The van der Waals surface area contributed by atoms with Gasteiger partial charge < -0.3 is 6.15 Å². The van der Waals surface area contributed by atoms with Gasteiger partial charge in [0.1, 0.15) is 0 Å². The molecule has 1 nitrogen and oxygen atoms in total. The fourth-order valence-corrected chi connectivity index (χ4v) is 2.23. The van der Waals surface area contributed by atoms with Crippen molar-refractivity contribution in [1.29, 1.82) is 0 Å². The van der Waals surface area contributed by atoms with Gasteiger partial charge in [-0.15, -0.1) is 17.0 Å². The molecule has 0 amide bonds. The number of halogens is 2. The quantitative estimate of drug-likeness (QED) is 0.729. The van der Waals surface area contributed by atoms with Gasteiger partial charge in [-0.3, -0.25) is 0 Å². The summed E-state index contributed by atoms with van der Waals surface area (Å²) in [6.45, 7) is 0. The highest BCUT2D eigenvalue weighted by Gasteiger charge is 2.14. The Labute approximate surface area is 98.4 Å². The summed E-state index contributed by atoms with van der Waals surface area (Å²) in [5.74, 6) is 0. The van der Waals surface area contributed by atoms with E-state index in [1.165, 1.54) is 24.8 Å². The topological polar surface area (TPSA) is 35.0 Å². The van der Waals surface area contributed by atoms with E-state index >= 15 is 0 Å². The minimum Gasteiger partial charge on any atom is -0.344 e. The van der Waals surface area contributed by atoms with Gasteiger partial charge in [-0.25, -0.2) is 0 Å². The van der Waals surface area contributed by atoms with E-state index in [0.717, 1.165) is 0 Å². The highest BCUT2D eigenvalue weighted by Crippen LogP contribution is 2.24. The molecule has 0 radical (unpaired) electrons. The van der Waals surface area contributed by atoms with E-state index in [9.17, 15) is 0 Å². The van der Waals surface area contributed by atoms with Crippen molar-refractivity contribution in [3.8, 4) is 0 Å². The monoisotopic (exact) mass is 307 g/mol. The maximum Gasteiger partial charge on any atom is 0.0189 e. The number of fused-ring (bicyclic) bond motifs is 1. The van der Waals surface area contributed by atoms with Crippen LogP contribution in [0.4, 0.5) is 0 Å². The molecule has 2 rings (SSSR count). The third-order valence-corrected chi connectivity index (χ3v) is 3.07. The molecule has 1 aromatic rings. The summed E-state index contributed by atoms with van der Waals surface area (Å²) in [6, 6.07) is 8.74. The van der Waals surface area contributed by atoms with E-state index in [1.807, 2.05) is 0 Å². The average Bonchev–Trinajstić information content (AvgIpc) is 2.04. The molecule has 1 aromatic carbocycles. The number of rotatable bonds is 0. The Morgan fingerprint density at radius 3 is 2.46 bits per heavy atom. The highest BCUT2D eigenvalue weighted by molar-refractivity contribution is 9.09. The van der Waals surface area contributed by atoms with Gasteiger partial charge in [0.05, 0.1) is 0 Å². The number of alkyl halides is 1. The molecule has 0 bridgehead atoms. The zero-order chi connectivity index (χ0) is 7.68. The lowest BCUT2D eigenvalue weighted by atomic mass is 9.92. The summed E-state index contributed by atoms with van der Waals surface area (Å²) in [4.78, 5) is 0.706. The van der Waals surface area contributed by atoms with Gasteiger partial charge >= 0.3 is 0 Å². The van der Waals surface area contributed by atoms with E-state index in [-0.39, 0.29) is 23.1 Å². The standard InChI is InChI=1S/C10H11Br.BrH.H3N/c11-10-6-5-8-3-1-2-4-9(8)7-10;;/h1-4,10H,5-7H2;1H;1H3. The average molecular weight is 309 g/mol. The van der Waals surface area contributed by atoms with Crippen molar-refractivity contribution in [2.75, 3.05) is 0 Å². The number of hydrogen-bond donors (Lipinski definition) is 1. The molecular weight excluding hydrogens is 294 g/mol. The molecule has 1 atom stereocenters. The van der Waals surface area contributed by atoms with Gasteiger partial charge in [-0.2, -0.15) is 0 Å². The van der Waals surface area contributed by atoms with Crippen LogP contribution in [0.25, 0.3) is 0 Å². The summed E-state index contributed by atoms with van der Waals surface area (Å²) in [5.41, 5.74) is 3.07.